The van der Waals surface area contributed by atoms with Crippen LogP contribution in [-0.4, -0.2) is 13.4 Å². The Bertz CT molecular complexity index is 391. The zero-order valence-electron chi connectivity index (χ0n) is 10.0. The summed E-state index contributed by atoms with van der Waals surface area (Å²) in [5, 5.41) is 0. The van der Waals surface area contributed by atoms with Gasteiger partial charge in [-0.25, -0.2) is 0 Å². The van der Waals surface area contributed by atoms with Gasteiger partial charge in [-0.3, -0.25) is 0 Å². The van der Waals surface area contributed by atoms with Gasteiger partial charge in [0, 0.05) is 16.6 Å². The van der Waals surface area contributed by atoms with Crippen molar-refractivity contribution < 1.29 is 9.47 Å². The molecule has 3 nitrogen and oxygen atoms in total. The van der Waals surface area contributed by atoms with Crippen LogP contribution in [0.1, 0.15) is 24.0 Å². The topological polar surface area (TPSA) is 44.5 Å². The molecule has 2 rings (SSSR count). The highest BCUT2D eigenvalue weighted by Crippen LogP contribution is 2.30. The molecule has 4 heteroatoms. The van der Waals surface area contributed by atoms with Gasteiger partial charge in [0.2, 0.25) is 0 Å². The maximum Gasteiger partial charge on any atom is 0.189 e. The average molecular weight is 300 g/mol. The lowest BCUT2D eigenvalue weighted by Crippen LogP contribution is -2.09. The van der Waals surface area contributed by atoms with E-state index in [0.29, 0.717) is 13.3 Å². The summed E-state index contributed by atoms with van der Waals surface area (Å²) < 4.78 is 12.2. The van der Waals surface area contributed by atoms with E-state index >= 15 is 0 Å². The first-order valence-corrected chi connectivity index (χ1v) is 6.69. The molecule has 1 aliphatic rings. The number of nitrogens with two attached hydrogens (primary N) is 1. The van der Waals surface area contributed by atoms with E-state index in [9.17, 15) is 0 Å². The second-order valence-corrected chi connectivity index (χ2v) is 5.41. The lowest BCUT2D eigenvalue weighted by Gasteiger charge is -2.14. The van der Waals surface area contributed by atoms with E-state index in [4.69, 9.17) is 15.2 Å². The van der Waals surface area contributed by atoms with Crippen LogP contribution in [0.15, 0.2) is 16.6 Å². The molecule has 0 saturated heterocycles. The minimum Gasteiger partial charge on any atom is -0.467 e. The fourth-order valence-electron chi connectivity index (χ4n) is 1.76. The molecule has 0 heterocycles. The quantitative estimate of drug-likeness (QED) is 0.649. The third kappa shape index (κ3) is 3.69. The van der Waals surface area contributed by atoms with Crippen LogP contribution in [-0.2, 0) is 11.3 Å². The van der Waals surface area contributed by atoms with Crippen LogP contribution in [0.4, 0.5) is 0 Å². The molecule has 0 spiro atoms. The molecule has 0 unspecified atom stereocenters. The minimum absolute atomic E-state index is 0.311. The summed E-state index contributed by atoms with van der Waals surface area (Å²) in [5.41, 5.74) is 7.79. The predicted molar refractivity (Wildman–Crippen MR) is 70.9 cm³/mol. The number of hydrogen-bond acceptors (Lipinski definition) is 3. The summed E-state index contributed by atoms with van der Waals surface area (Å²) in [4.78, 5) is 0. The second kappa shape index (κ2) is 5.85. The molecule has 0 aromatic heterocycles. The van der Waals surface area contributed by atoms with Crippen molar-refractivity contribution in [3.8, 4) is 5.75 Å². The highest BCUT2D eigenvalue weighted by molar-refractivity contribution is 9.10. The molecule has 1 fully saturated rings. The molecule has 0 bridgehead atoms. The van der Waals surface area contributed by atoms with Crippen LogP contribution < -0.4 is 10.5 Å². The average Bonchev–Trinajstić information content (AvgIpc) is 3.09. The molecule has 0 aliphatic heterocycles. The fourth-order valence-corrected chi connectivity index (χ4v) is 2.38. The Balaban J connectivity index is 1.92. The number of rotatable bonds is 6. The Morgan fingerprint density at radius 3 is 2.82 bits per heavy atom. The highest BCUT2D eigenvalue weighted by Gasteiger charge is 2.21. The van der Waals surface area contributed by atoms with Crippen molar-refractivity contribution in [2.24, 2.45) is 11.7 Å². The lowest BCUT2D eigenvalue weighted by atomic mass is 10.1. The molecule has 94 valence electrons. The molecule has 0 atom stereocenters. The first-order valence-electron chi connectivity index (χ1n) is 5.90. The van der Waals surface area contributed by atoms with Gasteiger partial charge >= 0.3 is 0 Å². The van der Waals surface area contributed by atoms with Gasteiger partial charge in [0.15, 0.2) is 6.79 Å². The smallest absolute Gasteiger partial charge is 0.189 e. The summed E-state index contributed by atoms with van der Waals surface area (Å²) >= 11 is 3.45. The van der Waals surface area contributed by atoms with Gasteiger partial charge in [-0.15, -0.1) is 0 Å². The largest absolute Gasteiger partial charge is 0.467 e. The molecule has 1 aliphatic carbocycles. The molecular formula is C13H18BrNO2. The Morgan fingerprint density at radius 1 is 1.41 bits per heavy atom. The van der Waals surface area contributed by atoms with Crippen LogP contribution in [0.2, 0.25) is 0 Å². The molecule has 17 heavy (non-hydrogen) atoms. The van der Waals surface area contributed by atoms with E-state index in [2.05, 4.69) is 15.9 Å². The van der Waals surface area contributed by atoms with Crippen molar-refractivity contribution in [1.82, 2.24) is 0 Å². The number of benzene rings is 1. The molecule has 0 amide bonds. The number of halogens is 1. The predicted octanol–water partition coefficient (Wildman–Crippen LogP) is 2.98. The Kier molecular flexibility index (Phi) is 4.42. The Hall–Kier alpha value is -0.580. The minimum atomic E-state index is 0.311. The molecule has 1 saturated carbocycles. The van der Waals surface area contributed by atoms with Crippen molar-refractivity contribution in [3.05, 3.63) is 27.7 Å². The maximum atomic E-state index is 5.71. The fraction of sp³-hybridized carbons (Fsp3) is 0.538. The molecular weight excluding hydrogens is 282 g/mol. The van der Waals surface area contributed by atoms with Crippen LogP contribution in [0.25, 0.3) is 0 Å². The molecule has 2 N–H and O–H groups in total. The van der Waals surface area contributed by atoms with E-state index in [1.165, 1.54) is 12.8 Å². The van der Waals surface area contributed by atoms with Crippen LogP contribution in [0.5, 0.6) is 5.75 Å². The van der Waals surface area contributed by atoms with Crippen LogP contribution in [0, 0.1) is 12.8 Å². The Labute approximate surface area is 110 Å². The van der Waals surface area contributed by atoms with E-state index < -0.39 is 0 Å². The van der Waals surface area contributed by atoms with Gasteiger partial charge in [-0.1, -0.05) is 15.9 Å². The summed E-state index contributed by atoms with van der Waals surface area (Å²) in [5.74, 6) is 1.62. The monoisotopic (exact) mass is 299 g/mol. The SMILES string of the molecule is Cc1cc(Br)cc(CN)c1OCOCC1CC1. The lowest BCUT2D eigenvalue weighted by molar-refractivity contribution is 0.00909. The third-order valence-corrected chi connectivity index (χ3v) is 3.33. The number of aryl methyl sites for hydroxylation is 1. The van der Waals surface area contributed by atoms with E-state index in [0.717, 1.165) is 33.9 Å². The summed E-state index contributed by atoms with van der Waals surface area (Å²) in [6.45, 7) is 3.61. The first kappa shape index (κ1) is 12.9. The van der Waals surface area contributed by atoms with Crippen molar-refractivity contribution in [2.45, 2.75) is 26.3 Å². The van der Waals surface area contributed by atoms with Gasteiger partial charge in [0.25, 0.3) is 0 Å². The molecule has 0 radical (unpaired) electrons. The second-order valence-electron chi connectivity index (χ2n) is 4.49. The van der Waals surface area contributed by atoms with Crippen molar-refractivity contribution >= 4 is 15.9 Å². The summed E-state index contributed by atoms with van der Waals surface area (Å²) in [6.07, 6.45) is 2.59. The van der Waals surface area contributed by atoms with Gasteiger partial charge in [0.1, 0.15) is 5.75 Å². The van der Waals surface area contributed by atoms with Gasteiger partial charge < -0.3 is 15.2 Å². The third-order valence-electron chi connectivity index (χ3n) is 2.87. The summed E-state index contributed by atoms with van der Waals surface area (Å²) in [6, 6.07) is 4.01. The molecule has 1 aromatic rings. The van der Waals surface area contributed by atoms with Crippen molar-refractivity contribution in [3.63, 3.8) is 0 Å². The highest BCUT2D eigenvalue weighted by atomic mass is 79.9. The van der Waals surface area contributed by atoms with Crippen molar-refractivity contribution in [2.75, 3.05) is 13.4 Å². The van der Waals surface area contributed by atoms with Gasteiger partial charge in [-0.2, -0.15) is 0 Å². The van der Waals surface area contributed by atoms with Gasteiger partial charge in [0.05, 0.1) is 6.61 Å². The number of ether oxygens (including phenoxy) is 2. The van der Waals surface area contributed by atoms with Crippen LogP contribution in [0.3, 0.4) is 0 Å². The van der Waals surface area contributed by atoms with E-state index in [-0.39, 0.29) is 0 Å². The zero-order chi connectivity index (χ0) is 12.3. The Morgan fingerprint density at radius 2 is 2.18 bits per heavy atom. The standard InChI is InChI=1S/C13H18BrNO2/c1-9-4-12(14)5-11(6-15)13(9)17-8-16-7-10-2-3-10/h4-5,10H,2-3,6-8,15H2,1H3. The maximum absolute atomic E-state index is 5.71. The normalized spacial score (nSPS) is 15.0. The molecule has 1 aromatic carbocycles. The first-order chi connectivity index (χ1) is 8.20. The van der Waals surface area contributed by atoms with E-state index in [1.54, 1.807) is 0 Å². The van der Waals surface area contributed by atoms with Gasteiger partial charge in [-0.05, 0) is 43.4 Å². The van der Waals surface area contributed by atoms with Crippen molar-refractivity contribution in [1.29, 1.82) is 0 Å². The number of hydrogen-bond donors (Lipinski definition) is 1. The summed E-state index contributed by atoms with van der Waals surface area (Å²) in [7, 11) is 0. The van der Waals surface area contributed by atoms with Crippen LogP contribution >= 0.6 is 15.9 Å². The zero-order valence-corrected chi connectivity index (χ0v) is 11.6. The van der Waals surface area contributed by atoms with E-state index in [1.807, 2.05) is 19.1 Å².